The molecule has 0 bridgehead atoms. The molecule has 0 heterocycles. The third-order valence-electron chi connectivity index (χ3n) is 3.09. The molecule has 1 aliphatic carbocycles. The van der Waals surface area contributed by atoms with E-state index in [4.69, 9.17) is 11.0 Å². The molecule has 0 spiro atoms. The number of nitrogens with one attached hydrogen (secondary N) is 1. The molecule has 0 aliphatic heterocycles. The maximum absolute atomic E-state index is 12.8. The van der Waals surface area contributed by atoms with Crippen LogP contribution in [0.2, 0.25) is 0 Å². The minimum absolute atomic E-state index is 0.0778. The van der Waals surface area contributed by atoms with Gasteiger partial charge in [-0.25, -0.2) is 0 Å². The van der Waals surface area contributed by atoms with E-state index in [1.807, 2.05) is 6.07 Å². The van der Waals surface area contributed by atoms with Crippen LogP contribution in [-0.2, 0) is 6.42 Å². The van der Waals surface area contributed by atoms with Crippen LogP contribution in [-0.4, -0.2) is 11.7 Å². The van der Waals surface area contributed by atoms with Crippen LogP contribution in [0.3, 0.4) is 0 Å². The molecule has 2 rings (SSSR count). The van der Waals surface area contributed by atoms with Crippen molar-refractivity contribution in [3.05, 3.63) is 23.8 Å². The van der Waals surface area contributed by atoms with Crippen molar-refractivity contribution < 1.29 is 13.2 Å². The van der Waals surface area contributed by atoms with Gasteiger partial charge in [-0.05, 0) is 36.6 Å². The molecule has 18 heavy (non-hydrogen) atoms. The first kappa shape index (κ1) is 12.6. The zero-order chi connectivity index (χ0) is 13.4. The van der Waals surface area contributed by atoms with Gasteiger partial charge >= 0.3 is 6.18 Å². The van der Waals surface area contributed by atoms with E-state index in [1.54, 1.807) is 0 Å². The second-order valence-corrected chi connectivity index (χ2v) is 4.45. The van der Waals surface area contributed by atoms with Crippen LogP contribution in [0, 0.1) is 11.3 Å². The molecule has 3 N–H and O–H groups in total. The topological polar surface area (TPSA) is 61.8 Å². The smallest absolute Gasteiger partial charge is 0.398 e. The average molecular weight is 255 g/mol. The molecule has 0 saturated heterocycles. The predicted molar refractivity (Wildman–Crippen MR) is 61.8 cm³/mol. The van der Waals surface area contributed by atoms with E-state index in [1.165, 1.54) is 18.2 Å². The van der Waals surface area contributed by atoms with Gasteiger partial charge in [-0.3, -0.25) is 0 Å². The number of rotatable bonds is 3. The number of anilines is 2. The summed E-state index contributed by atoms with van der Waals surface area (Å²) >= 11 is 0. The number of benzene rings is 1. The number of hydrogen-bond acceptors (Lipinski definition) is 3. The van der Waals surface area contributed by atoms with Crippen molar-refractivity contribution >= 4 is 11.4 Å². The van der Waals surface area contributed by atoms with Crippen molar-refractivity contribution in [2.45, 2.75) is 31.0 Å². The summed E-state index contributed by atoms with van der Waals surface area (Å²) in [5, 5.41) is 11.1. The number of nitrogen functional groups attached to an aromatic ring is 1. The van der Waals surface area contributed by atoms with Crippen molar-refractivity contribution in [1.29, 1.82) is 5.26 Å². The summed E-state index contributed by atoms with van der Waals surface area (Å²) in [5.41, 5.74) is 5.15. The van der Waals surface area contributed by atoms with Gasteiger partial charge in [0.15, 0.2) is 0 Å². The van der Waals surface area contributed by atoms with Gasteiger partial charge in [0, 0.05) is 11.4 Å². The Balaban J connectivity index is 2.21. The van der Waals surface area contributed by atoms with Crippen LogP contribution in [0.1, 0.15) is 18.4 Å². The molecule has 0 unspecified atom stereocenters. The van der Waals surface area contributed by atoms with E-state index >= 15 is 0 Å². The Kier molecular flexibility index (Phi) is 2.85. The first-order valence-corrected chi connectivity index (χ1v) is 5.48. The molecule has 1 aromatic carbocycles. The van der Waals surface area contributed by atoms with E-state index < -0.39 is 11.7 Å². The molecule has 1 fully saturated rings. The van der Waals surface area contributed by atoms with Gasteiger partial charge < -0.3 is 11.1 Å². The fraction of sp³-hybridized carbons (Fsp3) is 0.417. The summed E-state index contributed by atoms with van der Waals surface area (Å²) in [6.45, 7) is 0. The summed E-state index contributed by atoms with van der Waals surface area (Å²) in [6.07, 6.45) is -4.02. The number of hydrogen-bond donors (Lipinski definition) is 2. The zero-order valence-corrected chi connectivity index (χ0v) is 9.51. The quantitative estimate of drug-likeness (QED) is 0.816. The lowest BCUT2D eigenvalue weighted by molar-refractivity contribution is -0.151. The Morgan fingerprint density at radius 2 is 2.06 bits per heavy atom. The Morgan fingerprint density at radius 3 is 2.56 bits per heavy atom. The highest BCUT2D eigenvalue weighted by molar-refractivity contribution is 5.59. The van der Waals surface area contributed by atoms with Crippen molar-refractivity contribution in [3.63, 3.8) is 0 Å². The second-order valence-electron chi connectivity index (χ2n) is 4.45. The monoisotopic (exact) mass is 255 g/mol. The van der Waals surface area contributed by atoms with Crippen LogP contribution in [0.15, 0.2) is 18.2 Å². The van der Waals surface area contributed by atoms with Crippen LogP contribution in [0.4, 0.5) is 24.5 Å². The average Bonchev–Trinajstić information content (AvgIpc) is 3.04. The fourth-order valence-electron chi connectivity index (χ4n) is 1.80. The van der Waals surface area contributed by atoms with Crippen LogP contribution in [0.25, 0.3) is 0 Å². The largest absolute Gasteiger partial charge is 0.411 e. The molecule has 0 atom stereocenters. The molecule has 0 radical (unpaired) electrons. The molecular weight excluding hydrogens is 243 g/mol. The number of nitrogens with two attached hydrogens (primary N) is 1. The standard InChI is InChI=1S/C12H12F3N3/c13-12(14,15)11(4-5-11)18-9-1-2-10(17)8(7-9)3-6-16/h1-2,7,18H,3-5,17H2. The van der Waals surface area contributed by atoms with E-state index in [9.17, 15) is 13.2 Å². The van der Waals surface area contributed by atoms with Gasteiger partial charge in [-0.15, -0.1) is 0 Å². The Morgan fingerprint density at radius 1 is 1.39 bits per heavy atom. The minimum Gasteiger partial charge on any atom is -0.398 e. The maximum atomic E-state index is 12.8. The Bertz CT molecular complexity index is 498. The highest BCUT2D eigenvalue weighted by Gasteiger charge is 2.63. The lowest BCUT2D eigenvalue weighted by Gasteiger charge is -2.22. The fourth-order valence-corrected chi connectivity index (χ4v) is 1.80. The van der Waals surface area contributed by atoms with Gasteiger partial charge in [-0.1, -0.05) is 0 Å². The number of alkyl halides is 3. The molecule has 96 valence electrons. The van der Waals surface area contributed by atoms with E-state index in [2.05, 4.69) is 5.32 Å². The van der Waals surface area contributed by atoms with Gasteiger partial charge in [0.2, 0.25) is 0 Å². The molecular formula is C12H12F3N3. The Hall–Kier alpha value is -1.90. The van der Waals surface area contributed by atoms with Crippen LogP contribution >= 0.6 is 0 Å². The summed E-state index contributed by atoms with van der Waals surface area (Å²) in [5.74, 6) is 0. The summed E-state index contributed by atoms with van der Waals surface area (Å²) in [6, 6.07) is 6.45. The van der Waals surface area contributed by atoms with Crippen molar-refractivity contribution in [2.24, 2.45) is 0 Å². The highest BCUT2D eigenvalue weighted by Crippen LogP contribution is 2.51. The van der Waals surface area contributed by atoms with Crippen molar-refractivity contribution in [2.75, 3.05) is 11.1 Å². The van der Waals surface area contributed by atoms with Crippen molar-refractivity contribution in [3.8, 4) is 6.07 Å². The number of nitrogens with zero attached hydrogens (tertiary/aromatic N) is 1. The summed E-state index contributed by atoms with van der Waals surface area (Å²) in [4.78, 5) is 0. The van der Waals surface area contributed by atoms with Gasteiger partial charge in [0.25, 0.3) is 0 Å². The van der Waals surface area contributed by atoms with Gasteiger partial charge in [0.05, 0.1) is 12.5 Å². The Labute approximate surface area is 102 Å². The first-order chi connectivity index (χ1) is 8.38. The number of halogens is 3. The number of nitriles is 1. The third-order valence-corrected chi connectivity index (χ3v) is 3.09. The van der Waals surface area contributed by atoms with Gasteiger partial charge in [-0.2, -0.15) is 18.4 Å². The maximum Gasteiger partial charge on any atom is 0.411 e. The van der Waals surface area contributed by atoms with Crippen LogP contribution < -0.4 is 11.1 Å². The molecule has 1 saturated carbocycles. The second kappa shape index (κ2) is 4.09. The normalized spacial score (nSPS) is 17.0. The third kappa shape index (κ3) is 2.21. The van der Waals surface area contributed by atoms with E-state index in [0.29, 0.717) is 16.9 Å². The molecule has 6 heteroatoms. The molecule has 0 aromatic heterocycles. The zero-order valence-electron chi connectivity index (χ0n) is 9.51. The van der Waals surface area contributed by atoms with E-state index in [-0.39, 0.29) is 19.3 Å². The highest BCUT2D eigenvalue weighted by atomic mass is 19.4. The van der Waals surface area contributed by atoms with Crippen LogP contribution in [0.5, 0.6) is 0 Å². The summed E-state index contributed by atoms with van der Waals surface area (Å²) in [7, 11) is 0. The molecule has 1 aromatic rings. The minimum atomic E-state index is -4.26. The predicted octanol–water partition coefficient (Wildman–Crippen LogP) is 2.84. The van der Waals surface area contributed by atoms with Gasteiger partial charge in [0.1, 0.15) is 5.54 Å². The SMILES string of the molecule is N#CCc1cc(NC2(C(F)(F)F)CC2)ccc1N. The summed E-state index contributed by atoms with van der Waals surface area (Å²) < 4.78 is 38.3. The first-order valence-electron chi connectivity index (χ1n) is 5.48. The molecule has 1 aliphatic rings. The van der Waals surface area contributed by atoms with E-state index in [0.717, 1.165) is 0 Å². The van der Waals surface area contributed by atoms with Crippen molar-refractivity contribution in [1.82, 2.24) is 0 Å². The molecule has 3 nitrogen and oxygen atoms in total. The molecule has 0 amide bonds. The lowest BCUT2D eigenvalue weighted by atomic mass is 10.1. The lowest BCUT2D eigenvalue weighted by Crippen LogP contribution is -2.38.